The SMILES string of the molecule is Cc1cccc(-c2sc(C)nc2C(=O)N2C[C@H]3C[C@H]3[C@H]2CNC(=O)c2cc(Br)ccc2Cl)c1. The summed E-state index contributed by atoms with van der Waals surface area (Å²) in [6.45, 7) is 5.09. The lowest BCUT2D eigenvalue weighted by Crippen LogP contribution is -2.45. The van der Waals surface area contributed by atoms with Crippen LogP contribution in [0.15, 0.2) is 46.9 Å². The van der Waals surface area contributed by atoms with Crippen molar-refractivity contribution in [3.63, 3.8) is 0 Å². The number of carbonyl (C=O) groups is 2. The number of hydrogen-bond donors (Lipinski definition) is 1. The van der Waals surface area contributed by atoms with E-state index in [1.54, 1.807) is 29.5 Å². The number of likely N-dealkylation sites (tertiary alicyclic amines) is 1. The third kappa shape index (κ3) is 4.46. The van der Waals surface area contributed by atoms with Gasteiger partial charge >= 0.3 is 0 Å². The average molecular weight is 545 g/mol. The molecule has 0 spiro atoms. The molecule has 0 radical (unpaired) electrons. The Morgan fingerprint density at radius 2 is 2.06 bits per heavy atom. The fourth-order valence-corrected chi connectivity index (χ4v) is 6.19. The van der Waals surface area contributed by atoms with Crippen LogP contribution in [0, 0.1) is 25.7 Å². The fraction of sp³-hybridized carbons (Fsp3) is 0.320. The van der Waals surface area contributed by atoms with Crippen LogP contribution in [0.3, 0.4) is 0 Å². The first kappa shape index (κ1) is 22.6. The normalized spacial score (nSPS) is 21.1. The van der Waals surface area contributed by atoms with Crippen LogP contribution in [0.25, 0.3) is 10.4 Å². The summed E-state index contributed by atoms with van der Waals surface area (Å²) < 4.78 is 0.791. The summed E-state index contributed by atoms with van der Waals surface area (Å²) in [6.07, 6.45) is 1.10. The Morgan fingerprint density at radius 1 is 1.24 bits per heavy atom. The van der Waals surface area contributed by atoms with Gasteiger partial charge in [-0.3, -0.25) is 9.59 Å². The number of rotatable bonds is 5. The summed E-state index contributed by atoms with van der Waals surface area (Å²) in [5, 5.41) is 4.28. The Balaban J connectivity index is 1.36. The summed E-state index contributed by atoms with van der Waals surface area (Å²) in [7, 11) is 0. The average Bonchev–Trinajstić information content (AvgIpc) is 3.30. The molecule has 1 saturated carbocycles. The molecular weight excluding hydrogens is 522 g/mol. The largest absolute Gasteiger partial charge is 0.350 e. The number of halogens is 2. The van der Waals surface area contributed by atoms with E-state index in [1.807, 2.05) is 36.9 Å². The third-order valence-electron chi connectivity index (χ3n) is 6.43. The lowest BCUT2D eigenvalue weighted by Gasteiger charge is -2.27. The van der Waals surface area contributed by atoms with Gasteiger partial charge in [0.1, 0.15) is 5.69 Å². The molecule has 1 aliphatic heterocycles. The Hall–Kier alpha value is -2.22. The first-order valence-corrected chi connectivity index (χ1v) is 12.9. The van der Waals surface area contributed by atoms with E-state index in [2.05, 4.69) is 32.3 Å². The number of nitrogens with one attached hydrogen (secondary N) is 1. The van der Waals surface area contributed by atoms with Gasteiger partial charge in [0.05, 0.1) is 26.5 Å². The van der Waals surface area contributed by atoms with E-state index in [9.17, 15) is 9.59 Å². The zero-order valence-electron chi connectivity index (χ0n) is 18.3. The molecule has 5 nitrogen and oxygen atoms in total. The van der Waals surface area contributed by atoms with E-state index in [0.29, 0.717) is 41.2 Å². The highest BCUT2D eigenvalue weighted by atomic mass is 79.9. The van der Waals surface area contributed by atoms with Crippen LogP contribution in [-0.2, 0) is 0 Å². The summed E-state index contributed by atoms with van der Waals surface area (Å²) in [5.41, 5.74) is 3.09. The molecule has 3 aromatic rings. The van der Waals surface area contributed by atoms with E-state index in [0.717, 1.165) is 31.9 Å². The number of aryl methyl sites for hydroxylation is 2. The lowest BCUT2D eigenvalue weighted by molar-refractivity contribution is 0.0690. The molecule has 2 aromatic carbocycles. The number of thiazole rings is 1. The van der Waals surface area contributed by atoms with Crippen molar-refractivity contribution in [2.75, 3.05) is 13.1 Å². The molecule has 2 aliphatic rings. The van der Waals surface area contributed by atoms with E-state index < -0.39 is 0 Å². The topological polar surface area (TPSA) is 62.3 Å². The summed E-state index contributed by atoms with van der Waals surface area (Å²) in [5.74, 6) is 0.646. The van der Waals surface area contributed by atoms with Gasteiger partial charge in [-0.1, -0.05) is 57.4 Å². The maximum Gasteiger partial charge on any atom is 0.274 e. The Labute approximate surface area is 210 Å². The predicted octanol–water partition coefficient (Wildman–Crippen LogP) is 5.73. The van der Waals surface area contributed by atoms with Crippen LogP contribution in [-0.4, -0.2) is 40.8 Å². The zero-order chi connectivity index (χ0) is 23.3. The smallest absolute Gasteiger partial charge is 0.274 e. The molecule has 1 aromatic heterocycles. The molecular formula is C25H23BrClN3O2S. The van der Waals surface area contributed by atoms with Crippen molar-refractivity contribution in [3.8, 4) is 10.4 Å². The van der Waals surface area contributed by atoms with Crippen LogP contribution >= 0.6 is 38.9 Å². The molecule has 0 bridgehead atoms. The molecule has 2 heterocycles. The van der Waals surface area contributed by atoms with E-state index in [4.69, 9.17) is 11.6 Å². The second kappa shape index (κ2) is 8.85. The first-order chi connectivity index (χ1) is 15.8. The van der Waals surface area contributed by atoms with Crippen molar-refractivity contribution in [3.05, 3.63) is 73.8 Å². The lowest BCUT2D eigenvalue weighted by atomic mass is 10.1. The minimum absolute atomic E-state index is 0.0373. The number of hydrogen-bond acceptors (Lipinski definition) is 4. The van der Waals surface area contributed by atoms with Gasteiger partial charge in [-0.25, -0.2) is 4.98 Å². The third-order valence-corrected chi connectivity index (χ3v) is 8.27. The van der Waals surface area contributed by atoms with Crippen molar-refractivity contribution in [1.29, 1.82) is 0 Å². The number of fused-ring (bicyclic) bond motifs is 1. The van der Waals surface area contributed by atoms with Crippen molar-refractivity contribution < 1.29 is 9.59 Å². The highest BCUT2D eigenvalue weighted by Crippen LogP contribution is 2.50. The molecule has 1 saturated heterocycles. The number of benzene rings is 2. The predicted molar refractivity (Wildman–Crippen MR) is 135 cm³/mol. The molecule has 1 N–H and O–H groups in total. The van der Waals surface area contributed by atoms with Gasteiger partial charge in [0.2, 0.25) is 0 Å². The molecule has 170 valence electrons. The van der Waals surface area contributed by atoms with Crippen molar-refractivity contribution in [1.82, 2.24) is 15.2 Å². The molecule has 2 amide bonds. The monoisotopic (exact) mass is 543 g/mol. The van der Waals surface area contributed by atoms with Crippen LogP contribution in [0.5, 0.6) is 0 Å². The number of aromatic nitrogens is 1. The van der Waals surface area contributed by atoms with E-state index in [-0.39, 0.29) is 17.9 Å². The van der Waals surface area contributed by atoms with Crippen molar-refractivity contribution in [2.24, 2.45) is 11.8 Å². The van der Waals surface area contributed by atoms with E-state index in [1.165, 1.54) is 0 Å². The van der Waals surface area contributed by atoms with Crippen LogP contribution in [0.2, 0.25) is 5.02 Å². The number of amides is 2. The summed E-state index contributed by atoms with van der Waals surface area (Å²) in [6, 6.07) is 13.3. The molecule has 2 fully saturated rings. The maximum atomic E-state index is 13.7. The second-order valence-electron chi connectivity index (χ2n) is 8.80. The molecule has 0 unspecified atom stereocenters. The number of piperidine rings is 1. The second-order valence-corrected chi connectivity index (χ2v) is 11.3. The van der Waals surface area contributed by atoms with Gasteiger partial charge in [-0.05, 0) is 55.9 Å². The van der Waals surface area contributed by atoms with Crippen molar-refractivity contribution >= 4 is 50.7 Å². The van der Waals surface area contributed by atoms with Crippen LogP contribution < -0.4 is 5.32 Å². The fourth-order valence-electron chi connectivity index (χ4n) is 4.72. The number of nitrogens with zero attached hydrogens (tertiary/aromatic N) is 2. The van der Waals surface area contributed by atoms with Gasteiger partial charge in [-0.2, -0.15) is 0 Å². The minimum atomic E-state index is -0.234. The van der Waals surface area contributed by atoms with Crippen LogP contribution in [0.4, 0.5) is 0 Å². The molecule has 33 heavy (non-hydrogen) atoms. The van der Waals surface area contributed by atoms with Gasteiger partial charge in [0.15, 0.2) is 0 Å². The highest BCUT2D eigenvalue weighted by molar-refractivity contribution is 9.10. The summed E-state index contributed by atoms with van der Waals surface area (Å²) in [4.78, 5) is 33.9. The summed E-state index contributed by atoms with van der Waals surface area (Å²) >= 11 is 11.2. The highest BCUT2D eigenvalue weighted by Gasteiger charge is 2.54. The maximum absolute atomic E-state index is 13.7. The zero-order valence-corrected chi connectivity index (χ0v) is 21.4. The standard InChI is InChI=1S/C25H23BrClN3O2S/c1-13-4-3-5-15(8-13)23-22(29-14(2)33-23)25(32)30-12-16-9-18(16)21(30)11-28-24(31)19-10-17(26)6-7-20(19)27/h3-8,10,16,18,21H,9,11-12H2,1-2H3,(H,28,31)/t16-,18-,21-/m1/s1. The Morgan fingerprint density at radius 3 is 2.85 bits per heavy atom. The van der Waals surface area contributed by atoms with Gasteiger partial charge < -0.3 is 10.2 Å². The Bertz CT molecular complexity index is 1260. The minimum Gasteiger partial charge on any atom is -0.350 e. The first-order valence-electron chi connectivity index (χ1n) is 10.9. The molecule has 8 heteroatoms. The van der Waals surface area contributed by atoms with Crippen LogP contribution in [0.1, 0.15) is 37.8 Å². The molecule has 5 rings (SSSR count). The van der Waals surface area contributed by atoms with Gasteiger partial charge in [0.25, 0.3) is 11.8 Å². The molecule has 1 aliphatic carbocycles. The van der Waals surface area contributed by atoms with Gasteiger partial charge in [-0.15, -0.1) is 11.3 Å². The van der Waals surface area contributed by atoms with E-state index >= 15 is 0 Å². The Kier molecular flexibility index (Phi) is 6.05. The van der Waals surface area contributed by atoms with Crippen molar-refractivity contribution in [2.45, 2.75) is 26.3 Å². The quantitative estimate of drug-likeness (QED) is 0.446. The van der Waals surface area contributed by atoms with Gasteiger partial charge in [0, 0.05) is 17.6 Å². The molecule has 3 atom stereocenters. The number of carbonyl (C=O) groups excluding carboxylic acids is 2.